The van der Waals surface area contributed by atoms with E-state index in [1.165, 1.54) is 47.9 Å². The van der Waals surface area contributed by atoms with E-state index in [4.69, 9.17) is 5.84 Å². The SMILES string of the molecule is Cc1cc(C)c(C(NN)C2CC3CCC2C3)cc1C. The molecule has 4 atom stereocenters. The molecule has 2 heteroatoms. The molecule has 4 unspecified atom stereocenters. The van der Waals surface area contributed by atoms with Gasteiger partial charge in [0.25, 0.3) is 0 Å². The van der Waals surface area contributed by atoms with Crippen LogP contribution in [0.2, 0.25) is 0 Å². The smallest absolute Gasteiger partial charge is 0.0493 e. The maximum Gasteiger partial charge on any atom is 0.0493 e. The van der Waals surface area contributed by atoms with Crippen LogP contribution in [0.1, 0.15) is 54.0 Å². The Bertz CT molecular complexity index is 480. The molecule has 1 aromatic carbocycles. The molecule has 2 bridgehead atoms. The minimum Gasteiger partial charge on any atom is -0.271 e. The molecule has 2 saturated carbocycles. The summed E-state index contributed by atoms with van der Waals surface area (Å²) in [6.45, 7) is 6.61. The lowest BCUT2D eigenvalue weighted by atomic mass is 9.79. The summed E-state index contributed by atoms with van der Waals surface area (Å²) in [5.41, 5.74) is 8.69. The summed E-state index contributed by atoms with van der Waals surface area (Å²) in [7, 11) is 0. The van der Waals surface area contributed by atoms with Gasteiger partial charge in [0.15, 0.2) is 0 Å². The molecular weight excluding hydrogens is 232 g/mol. The van der Waals surface area contributed by atoms with Crippen LogP contribution in [-0.2, 0) is 0 Å². The monoisotopic (exact) mass is 258 g/mol. The lowest BCUT2D eigenvalue weighted by Crippen LogP contribution is -2.36. The summed E-state index contributed by atoms with van der Waals surface area (Å²) >= 11 is 0. The number of rotatable bonds is 3. The van der Waals surface area contributed by atoms with Gasteiger partial charge in [-0.2, -0.15) is 0 Å². The van der Waals surface area contributed by atoms with Crippen LogP contribution in [-0.4, -0.2) is 0 Å². The molecule has 2 fully saturated rings. The fourth-order valence-electron chi connectivity index (χ4n) is 4.46. The van der Waals surface area contributed by atoms with E-state index in [2.05, 4.69) is 38.3 Å². The first-order valence-electron chi connectivity index (χ1n) is 7.64. The molecule has 0 spiro atoms. The minimum atomic E-state index is 0.342. The molecular formula is C17H26N2. The lowest BCUT2D eigenvalue weighted by Gasteiger charge is -2.31. The van der Waals surface area contributed by atoms with Crippen molar-refractivity contribution in [3.63, 3.8) is 0 Å². The van der Waals surface area contributed by atoms with Crippen molar-refractivity contribution >= 4 is 0 Å². The molecule has 19 heavy (non-hydrogen) atoms. The number of benzene rings is 1. The molecule has 0 saturated heterocycles. The summed E-state index contributed by atoms with van der Waals surface area (Å²) in [5, 5.41) is 0. The Morgan fingerprint density at radius 2 is 1.79 bits per heavy atom. The van der Waals surface area contributed by atoms with Crippen LogP contribution in [0.15, 0.2) is 12.1 Å². The molecule has 104 valence electrons. The maximum absolute atomic E-state index is 5.92. The topological polar surface area (TPSA) is 38.0 Å². The third kappa shape index (κ3) is 2.21. The van der Waals surface area contributed by atoms with Crippen molar-refractivity contribution in [2.24, 2.45) is 23.6 Å². The Hall–Kier alpha value is -0.860. The van der Waals surface area contributed by atoms with Gasteiger partial charge in [0.1, 0.15) is 0 Å². The van der Waals surface area contributed by atoms with Crippen molar-refractivity contribution in [1.29, 1.82) is 0 Å². The predicted octanol–water partition coefficient (Wildman–Crippen LogP) is 3.55. The van der Waals surface area contributed by atoms with E-state index < -0.39 is 0 Å². The first-order valence-corrected chi connectivity index (χ1v) is 7.64. The number of hydrogen-bond donors (Lipinski definition) is 2. The van der Waals surface area contributed by atoms with Crippen LogP contribution in [0, 0.1) is 38.5 Å². The standard InChI is InChI=1S/C17H26N2/c1-10-6-12(3)15(7-11(10)2)17(19-18)16-9-13-4-5-14(16)8-13/h6-7,13-14,16-17,19H,4-5,8-9,18H2,1-3H3. The molecule has 0 aliphatic heterocycles. The van der Waals surface area contributed by atoms with Crippen LogP contribution in [0.25, 0.3) is 0 Å². The first kappa shape index (κ1) is 13.1. The number of hydrogen-bond acceptors (Lipinski definition) is 2. The van der Waals surface area contributed by atoms with Gasteiger partial charge in [-0.3, -0.25) is 11.3 Å². The Balaban J connectivity index is 1.92. The minimum absolute atomic E-state index is 0.342. The van der Waals surface area contributed by atoms with Gasteiger partial charge in [-0.15, -0.1) is 0 Å². The first-order chi connectivity index (χ1) is 9.10. The highest BCUT2D eigenvalue weighted by Gasteiger charge is 2.43. The lowest BCUT2D eigenvalue weighted by molar-refractivity contribution is 0.251. The zero-order valence-corrected chi connectivity index (χ0v) is 12.4. The van der Waals surface area contributed by atoms with Crippen molar-refractivity contribution in [2.75, 3.05) is 0 Å². The van der Waals surface area contributed by atoms with Crippen LogP contribution >= 0.6 is 0 Å². The summed E-state index contributed by atoms with van der Waals surface area (Å²) in [5.74, 6) is 8.53. The molecule has 3 N–H and O–H groups in total. The van der Waals surface area contributed by atoms with Crippen LogP contribution in [0.4, 0.5) is 0 Å². The third-order valence-electron chi connectivity index (χ3n) is 5.62. The molecule has 2 nitrogen and oxygen atoms in total. The fraction of sp³-hybridized carbons (Fsp3) is 0.647. The van der Waals surface area contributed by atoms with Crippen molar-refractivity contribution in [1.82, 2.24) is 5.43 Å². The van der Waals surface area contributed by atoms with Crippen molar-refractivity contribution < 1.29 is 0 Å². The van der Waals surface area contributed by atoms with E-state index in [0.29, 0.717) is 6.04 Å². The van der Waals surface area contributed by atoms with Gasteiger partial charge in [-0.25, -0.2) is 0 Å². The normalized spacial score (nSPS) is 30.8. The number of aryl methyl sites for hydroxylation is 3. The second-order valence-electron chi connectivity index (χ2n) is 6.78. The number of hydrazine groups is 1. The van der Waals surface area contributed by atoms with Crippen molar-refractivity contribution in [3.8, 4) is 0 Å². The van der Waals surface area contributed by atoms with E-state index in [-0.39, 0.29) is 0 Å². The Morgan fingerprint density at radius 1 is 1.05 bits per heavy atom. The quantitative estimate of drug-likeness (QED) is 0.642. The maximum atomic E-state index is 5.92. The van der Waals surface area contributed by atoms with Gasteiger partial charge in [-0.05, 0) is 80.0 Å². The summed E-state index contributed by atoms with van der Waals surface area (Å²) < 4.78 is 0. The fourth-order valence-corrected chi connectivity index (χ4v) is 4.46. The second kappa shape index (κ2) is 4.92. The molecule has 2 aliphatic carbocycles. The van der Waals surface area contributed by atoms with E-state index in [0.717, 1.165) is 17.8 Å². The zero-order chi connectivity index (χ0) is 13.6. The molecule has 0 aromatic heterocycles. The van der Waals surface area contributed by atoms with Crippen LogP contribution in [0.5, 0.6) is 0 Å². The number of nitrogens with two attached hydrogens (primary N) is 1. The molecule has 1 aromatic rings. The number of nitrogens with one attached hydrogen (secondary N) is 1. The molecule has 3 rings (SSSR count). The Morgan fingerprint density at radius 3 is 2.37 bits per heavy atom. The third-order valence-corrected chi connectivity index (χ3v) is 5.62. The largest absolute Gasteiger partial charge is 0.271 e. The van der Waals surface area contributed by atoms with Crippen molar-refractivity contribution in [3.05, 3.63) is 34.4 Å². The molecule has 2 aliphatic rings. The number of fused-ring (bicyclic) bond motifs is 2. The summed E-state index contributed by atoms with van der Waals surface area (Å²) in [6, 6.07) is 5.00. The van der Waals surface area contributed by atoms with Gasteiger partial charge in [0, 0.05) is 6.04 Å². The van der Waals surface area contributed by atoms with Gasteiger partial charge in [0.05, 0.1) is 0 Å². The van der Waals surface area contributed by atoms with Gasteiger partial charge in [-0.1, -0.05) is 18.6 Å². The van der Waals surface area contributed by atoms with Crippen LogP contribution in [0.3, 0.4) is 0 Å². The van der Waals surface area contributed by atoms with Gasteiger partial charge in [0.2, 0.25) is 0 Å². The predicted molar refractivity (Wildman–Crippen MR) is 79.7 cm³/mol. The average molecular weight is 258 g/mol. The van der Waals surface area contributed by atoms with Crippen LogP contribution < -0.4 is 11.3 Å². The van der Waals surface area contributed by atoms with E-state index in [1.807, 2.05) is 0 Å². The van der Waals surface area contributed by atoms with Gasteiger partial charge < -0.3 is 0 Å². The van der Waals surface area contributed by atoms with E-state index in [9.17, 15) is 0 Å². The molecule has 0 radical (unpaired) electrons. The Kier molecular flexibility index (Phi) is 3.40. The van der Waals surface area contributed by atoms with E-state index in [1.54, 1.807) is 0 Å². The van der Waals surface area contributed by atoms with E-state index >= 15 is 0 Å². The summed E-state index contributed by atoms with van der Waals surface area (Å²) in [4.78, 5) is 0. The highest BCUT2D eigenvalue weighted by atomic mass is 15.2. The zero-order valence-electron chi connectivity index (χ0n) is 12.4. The van der Waals surface area contributed by atoms with Gasteiger partial charge >= 0.3 is 0 Å². The van der Waals surface area contributed by atoms with Crippen molar-refractivity contribution in [2.45, 2.75) is 52.5 Å². The molecule has 0 amide bonds. The average Bonchev–Trinajstić information content (AvgIpc) is 2.99. The molecule has 0 heterocycles. The highest BCUT2D eigenvalue weighted by Crippen LogP contribution is 2.52. The Labute approximate surface area is 116 Å². The summed E-state index contributed by atoms with van der Waals surface area (Å²) in [6.07, 6.45) is 5.67. The second-order valence-corrected chi connectivity index (χ2v) is 6.78. The highest BCUT2D eigenvalue weighted by molar-refractivity contribution is 5.38.